The molecule has 0 rings (SSSR count). The van der Waals surface area contributed by atoms with Crippen molar-refractivity contribution < 1.29 is 57.1 Å². The molecule has 0 aliphatic rings. The van der Waals surface area contributed by atoms with Crippen molar-refractivity contribution in [2.24, 2.45) is 0 Å². The van der Waals surface area contributed by atoms with E-state index in [1.54, 1.807) is 0 Å². The van der Waals surface area contributed by atoms with E-state index in [0.717, 1.165) is 6.08 Å². The summed E-state index contributed by atoms with van der Waals surface area (Å²) in [7, 11) is 0. The van der Waals surface area contributed by atoms with Crippen LogP contribution in [0.15, 0.2) is 12.7 Å². The summed E-state index contributed by atoms with van der Waals surface area (Å²) in [6, 6.07) is 0. The molecular weight excluding hydrogens is 224 g/mol. The van der Waals surface area contributed by atoms with Crippen LogP contribution in [0, 0.1) is 41.7 Å². The first-order chi connectivity index (χ1) is 2.27. The van der Waals surface area contributed by atoms with Gasteiger partial charge in [-0.25, -0.2) is 0 Å². The van der Waals surface area contributed by atoms with Crippen LogP contribution in [0.2, 0.25) is 0 Å². The largest absolute Gasteiger partial charge is 3.00 e. The molecule has 0 fully saturated rings. The summed E-state index contributed by atoms with van der Waals surface area (Å²) in [5.41, 5.74) is 0. The summed E-state index contributed by atoms with van der Waals surface area (Å²) in [5.74, 6) is -1.23. The van der Waals surface area contributed by atoms with Gasteiger partial charge in [-0.2, -0.15) is 0 Å². The number of carboxylic acids is 1. The molecule has 37 valence electrons. The minimum Gasteiger partial charge on any atom is -2.00 e. The third-order valence-electron chi connectivity index (χ3n) is 0.167. The summed E-state index contributed by atoms with van der Waals surface area (Å²) in [6.07, 6.45) is 0.722. The number of hydrogen-bond donors (Lipinski definition) is 0. The van der Waals surface area contributed by atoms with E-state index in [2.05, 4.69) is 6.58 Å². The third kappa shape index (κ3) is 20.9. The maximum absolute atomic E-state index is 9.14. The second kappa shape index (κ2) is 9.74. The number of hydrogen-bond acceptors (Lipinski definition) is 2. The third-order valence-corrected chi connectivity index (χ3v) is 0.167. The smallest absolute Gasteiger partial charge is 2.00 e. The molecule has 0 spiro atoms. The number of carboxylic acid groups (broad SMARTS) is 1. The van der Waals surface area contributed by atoms with E-state index >= 15 is 0 Å². The molecule has 0 atom stereocenters. The molecule has 0 aromatic rings. The van der Waals surface area contributed by atoms with Gasteiger partial charge >= 0.3 is 41.7 Å². The Morgan fingerprint density at radius 2 is 1.86 bits per heavy atom. The molecule has 0 bridgehead atoms. The van der Waals surface area contributed by atoms with Gasteiger partial charge in [0.15, 0.2) is 0 Å². The van der Waals surface area contributed by atoms with Gasteiger partial charge in [-0.1, -0.05) is 6.58 Å². The van der Waals surface area contributed by atoms with Crippen LogP contribution in [0.25, 0.3) is 0 Å². The van der Waals surface area contributed by atoms with E-state index in [4.69, 9.17) is 9.90 Å². The summed E-state index contributed by atoms with van der Waals surface area (Å²) in [6.45, 7) is 2.90. The minimum atomic E-state index is -1.23. The molecule has 1 radical (unpaired) electrons. The molecule has 0 unspecified atom stereocenters. The second-order valence-electron chi connectivity index (χ2n) is 0.523. The van der Waals surface area contributed by atoms with E-state index in [0.29, 0.717) is 0 Å². The Labute approximate surface area is 75.1 Å². The molecule has 4 heteroatoms. The zero-order valence-electron chi connectivity index (χ0n) is 3.51. The van der Waals surface area contributed by atoms with Gasteiger partial charge in [-0.05, 0) is 6.08 Å². The Balaban J connectivity index is -0.0000000800. The van der Waals surface area contributed by atoms with E-state index in [1.165, 1.54) is 0 Å². The Bertz CT molecular complexity index is 61.2. The average molecular weight is 227 g/mol. The van der Waals surface area contributed by atoms with Gasteiger partial charge in [-0.3, -0.25) is 0 Å². The van der Waals surface area contributed by atoms with Crippen LogP contribution in [0.3, 0.4) is 0 Å². The van der Waals surface area contributed by atoms with Crippen molar-refractivity contribution in [3.63, 3.8) is 0 Å². The summed E-state index contributed by atoms with van der Waals surface area (Å²) >= 11 is 0. The second-order valence-corrected chi connectivity index (χ2v) is 0.523. The summed E-state index contributed by atoms with van der Waals surface area (Å²) in [5, 5.41) is 9.14. The van der Waals surface area contributed by atoms with Crippen LogP contribution in [0.5, 0.6) is 0 Å². The van der Waals surface area contributed by atoms with Crippen molar-refractivity contribution in [1.82, 2.24) is 0 Å². The molecule has 0 saturated carbocycles. The van der Waals surface area contributed by atoms with Crippen molar-refractivity contribution in [2.45, 2.75) is 0 Å². The Morgan fingerprint density at radius 1 is 1.71 bits per heavy atom. The quantitative estimate of drug-likeness (QED) is 0.528. The molecular formula is C3H3CeO3. The van der Waals surface area contributed by atoms with Gasteiger partial charge in [0, 0.05) is 0 Å². The van der Waals surface area contributed by atoms with Crippen LogP contribution in [-0.2, 0) is 10.3 Å². The van der Waals surface area contributed by atoms with Crippen LogP contribution in [-0.4, -0.2) is 5.97 Å². The van der Waals surface area contributed by atoms with Gasteiger partial charge < -0.3 is 15.4 Å². The van der Waals surface area contributed by atoms with Gasteiger partial charge in [0.2, 0.25) is 0 Å². The summed E-state index contributed by atoms with van der Waals surface area (Å²) in [4.78, 5) is 9.14. The number of aliphatic carboxylic acids is 1. The number of carbonyl (C=O) groups excluding carboxylic acids is 1. The van der Waals surface area contributed by atoms with Gasteiger partial charge in [0.05, 0.1) is 5.97 Å². The molecule has 0 saturated heterocycles. The SMILES string of the molecule is C=CC(=O)[O-].[Ce+3].[O-2]. The Kier molecular flexibility index (Phi) is 21.8. The molecule has 7 heavy (non-hydrogen) atoms. The van der Waals surface area contributed by atoms with E-state index in [9.17, 15) is 0 Å². The molecule has 0 amide bonds. The predicted octanol–water partition coefficient (Wildman–Crippen LogP) is -1.20. The van der Waals surface area contributed by atoms with Crippen LogP contribution >= 0.6 is 0 Å². The van der Waals surface area contributed by atoms with Gasteiger partial charge in [-0.15, -0.1) is 0 Å². The van der Waals surface area contributed by atoms with Crippen LogP contribution in [0.4, 0.5) is 0 Å². The van der Waals surface area contributed by atoms with Gasteiger partial charge in [0.25, 0.3) is 0 Å². The van der Waals surface area contributed by atoms with Crippen molar-refractivity contribution in [3.05, 3.63) is 12.7 Å². The summed E-state index contributed by atoms with van der Waals surface area (Å²) < 4.78 is 0. The molecule has 0 heterocycles. The van der Waals surface area contributed by atoms with Crippen molar-refractivity contribution >= 4 is 5.97 Å². The fraction of sp³-hybridized carbons (Fsp3) is 0. The van der Waals surface area contributed by atoms with Crippen molar-refractivity contribution in [2.75, 3.05) is 0 Å². The first-order valence-corrected chi connectivity index (χ1v) is 1.11. The van der Waals surface area contributed by atoms with Crippen molar-refractivity contribution in [1.29, 1.82) is 0 Å². The zero-order chi connectivity index (χ0) is 4.28. The standard InChI is InChI=1S/C3H4O2.Ce.O/c1-2-3(4)5;;/h2H,1H2,(H,4,5);;/q;+3;-2/p-1. The molecule has 0 aromatic heterocycles. The average Bonchev–Trinajstić information content (AvgIpc) is 1.38. The van der Waals surface area contributed by atoms with E-state index in [-0.39, 0.29) is 47.2 Å². The molecule has 0 N–H and O–H groups in total. The normalized spacial score (nSPS) is 4.57. The fourth-order valence-corrected chi connectivity index (χ4v) is 0. The zero-order valence-corrected chi connectivity index (χ0v) is 6.65. The van der Waals surface area contributed by atoms with Crippen LogP contribution in [0.1, 0.15) is 0 Å². The van der Waals surface area contributed by atoms with E-state index in [1.807, 2.05) is 0 Å². The van der Waals surface area contributed by atoms with Crippen molar-refractivity contribution in [3.8, 4) is 0 Å². The number of rotatable bonds is 1. The molecule has 0 aliphatic carbocycles. The Hall–Kier alpha value is 0.547. The number of carbonyl (C=O) groups is 1. The fourth-order valence-electron chi connectivity index (χ4n) is 0. The minimum absolute atomic E-state index is 0. The predicted molar refractivity (Wildman–Crippen MR) is 15.9 cm³/mol. The maximum Gasteiger partial charge on any atom is 3.00 e. The first-order valence-electron chi connectivity index (χ1n) is 1.11. The monoisotopic (exact) mass is 227 g/mol. The molecule has 3 nitrogen and oxygen atoms in total. The Morgan fingerprint density at radius 3 is 1.86 bits per heavy atom. The molecule has 0 aromatic carbocycles. The topological polar surface area (TPSA) is 68.6 Å². The maximum atomic E-state index is 9.14. The van der Waals surface area contributed by atoms with Gasteiger partial charge in [0.1, 0.15) is 0 Å². The van der Waals surface area contributed by atoms with E-state index < -0.39 is 5.97 Å². The first kappa shape index (κ1) is 15.6. The van der Waals surface area contributed by atoms with Crippen LogP contribution < -0.4 is 5.11 Å². The molecule has 0 aliphatic heterocycles.